The number of methoxy groups -OCH3 is 1. The minimum absolute atomic E-state index is 0. The molecule has 1 saturated heterocycles. The number of morpholine rings is 1. The molecule has 1 N–H and O–H groups in total. The van der Waals surface area contributed by atoms with Gasteiger partial charge in [0, 0.05) is 29.8 Å². The van der Waals surface area contributed by atoms with Crippen LogP contribution in [0.5, 0.6) is 17.2 Å². The molecule has 9 heteroatoms. The first-order valence-corrected chi connectivity index (χ1v) is 13.8. The van der Waals surface area contributed by atoms with E-state index in [1.807, 2.05) is 56.9 Å². The second-order valence-electron chi connectivity index (χ2n) is 11.6. The van der Waals surface area contributed by atoms with Crippen molar-refractivity contribution in [1.82, 2.24) is 4.90 Å². The number of carbonyl (C=O) groups is 1. The van der Waals surface area contributed by atoms with Gasteiger partial charge in [0.1, 0.15) is 11.6 Å². The van der Waals surface area contributed by atoms with Gasteiger partial charge in [0.15, 0.2) is 17.3 Å². The Bertz CT molecular complexity index is 1250. The molecule has 0 radical (unpaired) electrons. The van der Waals surface area contributed by atoms with E-state index in [1.54, 1.807) is 7.11 Å². The van der Waals surface area contributed by atoms with Crippen molar-refractivity contribution in [3.05, 3.63) is 46.5 Å². The predicted molar refractivity (Wildman–Crippen MR) is 165 cm³/mol. The number of Topliss-reactive ketones (excluding diaryl/α,β-unsaturated/α-hetero) is 1. The molecule has 0 spiro atoms. The third kappa shape index (κ3) is 5.96. The molecule has 220 valence electrons. The summed E-state index contributed by atoms with van der Waals surface area (Å²) in [5, 5.41) is 9.04. The van der Waals surface area contributed by atoms with Gasteiger partial charge < -0.3 is 28.7 Å². The number of amidine groups is 1. The van der Waals surface area contributed by atoms with Crippen molar-refractivity contribution >= 4 is 34.3 Å². The second-order valence-corrected chi connectivity index (χ2v) is 11.6. The summed E-state index contributed by atoms with van der Waals surface area (Å²) in [5.41, 5.74) is 3.42. The molecule has 0 bridgehead atoms. The summed E-state index contributed by atoms with van der Waals surface area (Å²) in [6, 6.07) is 7.75. The zero-order valence-corrected chi connectivity index (χ0v) is 26.8. The van der Waals surface area contributed by atoms with Crippen molar-refractivity contribution in [1.29, 1.82) is 5.41 Å². The Morgan fingerprint density at radius 1 is 1.02 bits per heavy atom. The molecule has 4 rings (SSSR count). The van der Waals surface area contributed by atoms with Crippen molar-refractivity contribution in [2.75, 3.05) is 58.1 Å². The molecule has 2 heterocycles. The van der Waals surface area contributed by atoms with E-state index in [0.29, 0.717) is 49.3 Å². The molecular formula is C31H44BrN3O5. The van der Waals surface area contributed by atoms with E-state index in [4.69, 9.17) is 24.4 Å². The Balaban J connectivity index is 0.00000441. The Kier molecular flexibility index (Phi) is 9.83. The molecule has 0 saturated carbocycles. The SMILES string of the molecule is Br.CCOc1cc2c(cc1OCC)C(C)(C)N(CC(=O)c1cc(N3CCOCC3)c(OC)c(C(C)(C)C)c1)C2=N. The number of anilines is 1. The van der Waals surface area contributed by atoms with Gasteiger partial charge in [-0.3, -0.25) is 10.2 Å². The number of hydrogen-bond acceptors (Lipinski definition) is 7. The Morgan fingerprint density at radius 3 is 2.17 bits per heavy atom. The number of hydrogen-bond donors (Lipinski definition) is 1. The first-order valence-electron chi connectivity index (χ1n) is 13.8. The molecule has 0 aliphatic carbocycles. The summed E-state index contributed by atoms with van der Waals surface area (Å²) in [6.07, 6.45) is 0. The van der Waals surface area contributed by atoms with Crippen LogP contribution in [0.25, 0.3) is 0 Å². The van der Waals surface area contributed by atoms with Crippen LogP contribution in [0.4, 0.5) is 5.69 Å². The fourth-order valence-corrected chi connectivity index (χ4v) is 5.47. The lowest BCUT2D eigenvalue weighted by Gasteiger charge is -2.35. The first kappa shape index (κ1) is 31.7. The maximum absolute atomic E-state index is 14.0. The molecule has 0 aromatic heterocycles. The molecule has 8 nitrogen and oxygen atoms in total. The van der Waals surface area contributed by atoms with E-state index in [9.17, 15) is 4.79 Å². The highest BCUT2D eigenvalue weighted by Crippen LogP contribution is 2.45. The quantitative estimate of drug-likeness (QED) is 0.347. The van der Waals surface area contributed by atoms with Crippen LogP contribution in [0, 0.1) is 5.41 Å². The average molecular weight is 619 g/mol. The van der Waals surface area contributed by atoms with Crippen molar-refractivity contribution in [3.63, 3.8) is 0 Å². The molecule has 1 fully saturated rings. The number of carbonyl (C=O) groups excluding carboxylic acids is 1. The Hall–Kier alpha value is -2.78. The van der Waals surface area contributed by atoms with Gasteiger partial charge in [0.25, 0.3) is 0 Å². The summed E-state index contributed by atoms with van der Waals surface area (Å²) >= 11 is 0. The Morgan fingerprint density at radius 2 is 1.62 bits per heavy atom. The molecular weight excluding hydrogens is 574 g/mol. The minimum Gasteiger partial charge on any atom is -0.494 e. The minimum atomic E-state index is -0.578. The number of benzene rings is 2. The maximum atomic E-state index is 14.0. The zero-order valence-electron chi connectivity index (χ0n) is 25.1. The number of nitrogens with one attached hydrogen (secondary N) is 1. The fourth-order valence-electron chi connectivity index (χ4n) is 5.47. The number of rotatable bonds is 9. The van der Waals surface area contributed by atoms with Gasteiger partial charge in [-0.25, -0.2) is 0 Å². The monoisotopic (exact) mass is 617 g/mol. The molecule has 2 aromatic carbocycles. The van der Waals surface area contributed by atoms with Crippen LogP contribution in [0.1, 0.15) is 75.5 Å². The summed E-state index contributed by atoms with van der Waals surface area (Å²) in [6.45, 7) is 18.2. The third-order valence-electron chi connectivity index (χ3n) is 7.60. The smallest absolute Gasteiger partial charge is 0.182 e. The van der Waals surface area contributed by atoms with Gasteiger partial charge in [-0.2, -0.15) is 0 Å². The summed E-state index contributed by atoms with van der Waals surface area (Å²) in [4.78, 5) is 18.1. The lowest BCUT2D eigenvalue weighted by molar-refractivity contribution is 0.0920. The standard InChI is InChI=1S/C31H43N3O5.BrH/c1-9-38-26-17-21-22(18-27(26)39-10-2)31(6,7)34(29(21)32)19-25(35)20-15-23(30(3,4)5)28(36-8)24(16-20)33-11-13-37-14-12-33;/h15-18,32H,9-14,19H2,1-8H3;1H. The zero-order chi connectivity index (χ0) is 28.5. The molecule has 40 heavy (non-hydrogen) atoms. The molecule has 2 aliphatic heterocycles. The molecule has 0 amide bonds. The van der Waals surface area contributed by atoms with Crippen molar-refractivity contribution in [3.8, 4) is 17.2 Å². The van der Waals surface area contributed by atoms with Gasteiger partial charge in [0.2, 0.25) is 0 Å². The van der Waals surface area contributed by atoms with Crippen LogP contribution in [0.3, 0.4) is 0 Å². The summed E-state index contributed by atoms with van der Waals surface area (Å²) in [5.74, 6) is 2.34. The van der Waals surface area contributed by atoms with E-state index < -0.39 is 5.54 Å². The lowest BCUT2D eigenvalue weighted by atomic mass is 9.84. The number of ether oxygens (including phenoxy) is 4. The highest BCUT2D eigenvalue weighted by atomic mass is 79.9. The summed E-state index contributed by atoms with van der Waals surface area (Å²) in [7, 11) is 1.69. The maximum Gasteiger partial charge on any atom is 0.182 e. The number of ketones is 1. The van der Waals surface area contributed by atoms with E-state index >= 15 is 0 Å². The largest absolute Gasteiger partial charge is 0.494 e. The van der Waals surface area contributed by atoms with Crippen LogP contribution in [-0.4, -0.2) is 69.7 Å². The average Bonchev–Trinajstić information content (AvgIpc) is 3.08. The van der Waals surface area contributed by atoms with Crippen LogP contribution in [0.2, 0.25) is 0 Å². The normalized spacial score (nSPS) is 16.4. The van der Waals surface area contributed by atoms with E-state index in [-0.39, 0.29) is 34.7 Å². The van der Waals surface area contributed by atoms with Crippen LogP contribution in [0.15, 0.2) is 24.3 Å². The van der Waals surface area contributed by atoms with E-state index in [0.717, 1.165) is 41.2 Å². The van der Waals surface area contributed by atoms with Crippen LogP contribution >= 0.6 is 17.0 Å². The van der Waals surface area contributed by atoms with E-state index in [2.05, 4.69) is 25.7 Å². The van der Waals surface area contributed by atoms with Crippen LogP contribution < -0.4 is 19.1 Å². The van der Waals surface area contributed by atoms with Crippen molar-refractivity contribution < 1.29 is 23.7 Å². The Labute approximate surface area is 249 Å². The third-order valence-corrected chi connectivity index (χ3v) is 7.60. The molecule has 2 aliphatic rings. The lowest BCUT2D eigenvalue weighted by Crippen LogP contribution is -2.42. The molecule has 2 aromatic rings. The van der Waals surface area contributed by atoms with Gasteiger partial charge in [0.05, 0.1) is 51.3 Å². The highest BCUT2D eigenvalue weighted by molar-refractivity contribution is 8.93. The molecule has 0 atom stereocenters. The number of nitrogens with zero attached hydrogens (tertiary/aromatic N) is 2. The van der Waals surface area contributed by atoms with Gasteiger partial charge in [-0.1, -0.05) is 20.8 Å². The van der Waals surface area contributed by atoms with E-state index in [1.165, 1.54) is 0 Å². The van der Waals surface area contributed by atoms with Gasteiger partial charge in [-0.05, 0) is 62.9 Å². The van der Waals surface area contributed by atoms with Gasteiger partial charge >= 0.3 is 0 Å². The van der Waals surface area contributed by atoms with Crippen LogP contribution in [-0.2, 0) is 15.7 Å². The topological polar surface area (TPSA) is 84.3 Å². The van der Waals surface area contributed by atoms with Crippen molar-refractivity contribution in [2.45, 2.75) is 59.4 Å². The summed E-state index contributed by atoms with van der Waals surface area (Å²) < 4.78 is 23.2. The predicted octanol–water partition coefficient (Wildman–Crippen LogP) is 5.96. The fraction of sp³-hybridized carbons (Fsp3) is 0.548. The number of fused-ring (bicyclic) bond motifs is 1. The van der Waals surface area contributed by atoms with Crippen molar-refractivity contribution in [2.24, 2.45) is 0 Å². The van der Waals surface area contributed by atoms with Gasteiger partial charge in [-0.15, -0.1) is 17.0 Å². The molecule has 0 unspecified atom stereocenters. The number of halogens is 1. The second kappa shape index (κ2) is 12.4. The first-order chi connectivity index (χ1) is 18.4. The highest BCUT2D eigenvalue weighted by Gasteiger charge is 2.43.